The highest BCUT2D eigenvalue weighted by Crippen LogP contribution is 2.43. The molecule has 3 N–H and O–H groups in total. The van der Waals surface area contributed by atoms with E-state index in [-0.39, 0.29) is 12.8 Å². The van der Waals surface area contributed by atoms with E-state index in [4.69, 9.17) is 18.5 Å². The molecule has 0 heterocycles. The molecule has 0 aromatic rings. The van der Waals surface area contributed by atoms with Crippen LogP contribution in [0.3, 0.4) is 0 Å². The lowest BCUT2D eigenvalue weighted by molar-refractivity contribution is -0.153. The number of unbranched alkanes of at least 4 members (excludes halogenated alkanes) is 10. The molecule has 11 heteroatoms. The lowest BCUT2D eigenvalue weighted by Crippen LogP contribution is -2.28. The van der Waals surface area contributed by atoms with Crippen molar-refractivity contribution in [2.45, 2.75) is 116 Å². The second-order valence-electron chi connectivity index (χ2n) is 8.68. The second kappa shape index (κ2) is 22.2. The lowest BCUT2D eigenvalue weighted by atomic mass is 10.1. The van der Waals surface area contributed by atoms with Crippen LogP contribution in [-0.4, -0.2) is 65.7 Å². The van der Waals surface area contributed by atoms with Crippen molar-refractivity contribution < 1.29 is 47.8 Å². The summed E-state index contributed by atoms with van der Waals surface area (Å²) >= 11 is 0. The third-order valence-corrected chi connectivity index (χ3v) is 6.27. The van der Waals surface area contributed by atoms with Crippen LogP contribution in [0, 0.1) is 0 Å². The van der Waals surface area contributed by atoms with E-state index in [1.54, 1.807) is 0 Å². The summed E-state index contributed by atoms with van der Waals surface area (Å²) < 4.78 is 31.8. The molecule has 10 nitrogen and oxygen atoms in total. The summed E-state index contributed by atoms with van der Waals surface area (Å²) in [6.45, 7) is 1.99. The van der Waals surface area contributed by atoms with Crippen LogP contribution in [0.25, 0.3) is 0 Å². The summed E-state index contributed by atoms with van der Waals surface area (Å²) in [6.07, 6.45) is 10.3. The average molecular weight is 527 g/mol. The molecule has 0 amide bonds. The van der Waals surface area contributed by atoms with E-state index in [9.17, 15) is 29.3 Å². The van der Waals surface area contributed by atoms with Crippen molar-refractivity contribution >= 4 is 19.8 Å². The Bertz CT molecular complexity index is 541. The number of aliphatic hydroxyl groups is 2. The Morgan fingerprint density at radius 2 is 1.00 bits per heavy atom. The van der Waals surface area contributed by atoms with Crippen molar-refractivity contribution in [1.82, 2.24) is 0 Å². The molecule has 0 radical (unpaired) electrons. The summed E-state index contributed by atoms with van der Waals surface area (Å²) in [5.74, 6) is -1.04. The first-order chi connectivity index (χ1) is 16.8. The smallest absolute Gasteiger partial charge is 0.457 e. The summed E-state index contributed by atoms with van der Waals surface area (Å²) in [7, 11) is -4.59. The predicted octanol–water partition coefficient (Wildman–Crippen LogP) is 4.43. The number of phosphoric acid groups is 1. The van der Waals surface area contributed by atoms with Gasteiger partial charge in [-0.1, -0.05) is 78.1 Å². The van der Waals surface area contributed by atoms with Crippen LogP contribution in [-0.2, 0) is 32.7 Å². The molecular formula is C24H47O10P. The van der Waals surface area contributed by atoms with Gasteiger partial charge in [0.25, 0.3) is 0 Å². The van der Waals surface area contributed by atoms with Gasteiger partial charge >= 0.3 is 19.8 Å². The Morgan fingerprint density at radius 3 is 1.34 bits per heavy atom. The fraction of sp³-hybridized carbons (Fsp3) is 0.917. The Morgan fingerprint density at radius 1 is 0.657 bits per heavy atom. The molecule has 0 saturated carbocycles. The van der Waals surface area contributed by atoms with Gasteiger partial charge in [-0.25, -0.2) is 4.57 Å². The van der Waals surface area contributed by atoms with E-state index < -0.39 is 58.4 Å². The number of carbonyl (C=O) groups excluding carboxylic acids is 2. The molecule has 0 aromatic carbocycles. The number of carbonyl (C=O) groups is 2. The molecular weight excluding hydrogens is 479 g/mol. The quantitative estimate of drug-likeness (QED) is 0.0936. The topological polar surface area (TPSA) is 149 Å². The minimum Gasteiger partial charge on any atom is -0.457 e. The summed E-state index contributed by atoms with van der Waals surface area (Å²) in [5, 5.41) is 18.7. The normalized spacial score (nSPS) is 14.8. The molecule has 2 unspecified atom stereocenters. The maximum absolute atomic E-state index is 12.1. The van der Waals surface area contributed by atoms with Crippen molar-refractivity contribution in [3.05, 3.63) is 0 Å². The van der Waals surface area contributed by atoms with E-state index in [0.29, 0.717) is 12.8 Å². The van der Waals surface area contributed by atoms with Gasteiger partial charge in [-0.3, -0.25) is 18.6 Å². The third kappa shape index (κ3) is 20.8. The maximum atomic E-state index is 12.1. The number of hydrogen-bond donors (Lipinski definition) is 3. The Balaban J connectivity index is 4.19. The van der Waals surface area contributed by atoms with Crippen LogP contribution in [0.15, 0.2) is 0 Å². The monoisotopic (exact) mass is 526 g/mol. The van der Waals surface area contributed by atoms with E-state index >= 15 is 0 Å². The number of aliphatic hydroxyl groups excluding tert-OH is 2. The van der Waals surface area contributed by atoms with Crippen LogP contribution in [0.2, 0.25) is 0 Å². The lowest BCUT2D eigenvalue weighted by Gasteiger charge is -2.20. The number of phosphoric ester groups is 1. The highest BCUT2D eigenvalue weighted by Gasteiger charge is 2.27. The number of hydrogen-bond acceptors (Lipinski definition) is 9. The summed E-state index contributed by atoms with van der Waals surface area (Å²) in [6, 6.07) is 0. The highest BCUT2D eigenvalue weighted by atomic mass is 31.2. The molecule has 0 rings (SSSR count). The van der Waals surface area contributed by atoms with Gasteiger partial charge in [0.05, 0.1) is 26.4 Å². The molecule has 0 aliphatic rings. The number of rotatable bonds is 24. The van der Waals surface area contributed by atoms with E-state index in [1.807, 2.05) is 0 Å². The van der Waals surface area contributed by atoms with Gasteiger partial charge in [0.15, 0.2) is 0 Å². The molecule has 35 heavy (non-hydrogen) atoms. The minimum atomic E-state index is -4.59. The highest BCUT2D eigenvalue weighted by molar-refractivity contribution is 7.47. The van der Waals surface area contributed by atoms with Crippen LogP contribution in [0.1, 0.15) is 104 Å². The first-order valence-corrected chi connectivity index (χ1v) is 14.5. The molecule has 0 aliphatic carbocycles. The van der Waals surface area contributed by atoms with Gasteiger partial charge in [0, 0.05) is 12.8 Å². The van der Waals surface area contributed by atoms with Gasteiger partial charge < -0.3 is 24.6 Å². The third-order valence-electron chi connectivity index (χ3n) is 5.32. The van der Waals surface area contributed by atoms with Gasteiger partial charge in [-0.15, -0.1) is 0 Å². The average Bonchev–Trinajstić information content (AvgIpc) is 2.83. The van der Waals surface area contributed by atoms with Crippen molar-refractivity contribution in [2.24, 2.45) is 0 Å². The van der Waals surface area contributed by atoms with Crippen LogP contribution < -0.4 is 0 Å². The molecule has 0 aliphatic heterocycles. The zero-order valence-electron chi connectivity index (χ0n) is 21.5. The van der Waals surface area contributed by atoms with Crippen molar-refractivity contribution in [1.29, 1.82) is 0 Å². The molecule has 0 bridgehead atoms. The van der Waals surface area contributed by atoms with Crippen molar-refractivity contribution in [3.8, 4) is 0 Å². The standard InChI is InChI=1S/C24H47O10P/c1-3-5-7-9-11-13-15-23(27)33-21(17-25)19-31-35(29,30)32-20-22(18-26)34-24(28)16-14-12-10-8-6-4-2/h21-22,25-26H,3-20H2,1-2H3,(H,29,30). The SMILES string of the molecule is CCCCCCCCC(=O)OC(CO)COP(=O)(O)OCC(CO)OC(=O)CCCCCCCC. The van der Waals surface area contributed by atoms with Gasteiger partial charge in [-0.05, 0) is 12.8 Å². The van der Waals surface area contributed by atoms with Crippen LogP contribution in [0.4, 0.5) is 0 Å². The summed E-state index contributed by atoms with van der Waals surface area (Å²) in [4.78, 5) is 33.6. The molecule has 0 saturated heterocycles. The fourth-order valence-corrected chi connectivity index (χ4v) is 4.01. The first-order valence-electron chi connectivity index (χ1n) is 13.0. The molecule has 2 atom stereocenters. The fourth-order valence-electron chi connectivity index (χ4n) is 3.23. The van der Waals surface area contributed by atoms with Crippen molar-refractivity contribution in [3.63, 3.8) is 0 Å². The van der Waals surface area contributed by atoms with E-state index in [0.717, 1.165) is 51.4 Å². The number of ether oxygens (including phenoxy) is 2. The van der Waals surface area contributed by atoms with Crippen LogP contribution >= 0.6 is 7.82 Å². The minimum absolute atomic E-state index is 0.193. The van der Waals surface area contributed by atoms with E-state index in [1.165, 1.54) is 12.8 Å². The second-order valence-corrected chi connectivity index (χ2v) is 10.1. The van der Waals surface area contributed by atoms with Crippen LogP contribution in [0.5, 0.6) is 0 Å². The summed E-state index contributed by atoms with van der Waals surface area (Å²) in [5.41, 5.74) is 0. The van der Waals surface area contributed by atoms with E-state index in [2.05, 4.69) is 13.8 Å². The number of esters is 2. The zero-order valence-corrected chi connectivity index (χ0v) is 22.4. The Labute approximate surface area is 210 Å². The maximum Gasteiger partial charge on any atom is 0.472 e. The molecule has 0 fully saturated rings. The Kier molecular flexibility index (Phi) is 21.5. The zero-order chi connectivity index (χ0) is 26.4. The Hall–Kier alpha value is -1.03. The first kappa shape index (κ1) is 34.0. The molecule has 208 valence electrons. The van der Waals surface area contributed by atoms with Gasteiger partial charge in [0.1, 0.15) is 12.2 Å². The molecule has 0 spiro atoms. The van der Waals surface area contributed by atoms with Crippen molar-refractivity contribution in [2.75, 3.05) is 26.4 Å². The molecule has 0 aromatic heterocycles. The largest absolute Gasteiger partial charge is 0.472 e. The predicted molar refractivity (Wildman–Crippen MR) is 132 cm³/mol. The van der Waals surface area contributed by atoms with Gasteiger partial charge in [-0.2, -0.15) is 0 Å². The van der Waals surface area contributed by atoms with Gasteiger partial charge in [0.2, 0.25) is 0 Å².